The molecule has 2 aromatic rings. The SMILES string of the molecule is COc1ccc2ccccc2c1C(O)C(O)CCS. The Labute approximate surface area is 118 Å². The van der Waals surface area contributed by atoms with Crippen LogP contribution < -0.4 is 4.74 Å². The first-order chi connectivity index (χ1) is 9.19. The van der Waals surface area contributed by atoms with E-state index in [1.165, 1.54) is 0 Å². The fraction of sp³-hybridized carbons (Fsp3) is 0.333. The molecule has 0 saturated heterocycles. The van der Waals surface area contributed by atoms with Crippen LogP contribution in [0.1, 0.15) is 18.1 Å². The lowest BCUT2D eigenvalue weighted by molar-refractivity contribution is 0.0168. The standard InChI is InChI=1S/C15H18O3S/c1-18-13-7-6-10-4-2-3-5-11(10)14(13)15(17)12(16)8-9-19/h2-7,12,15-17,19H,8-9H2,1H3. The van der Waals surface area contributed by atoms with E-state index in [2.05, 4.69) is 12.6 Å². The highest BCUT2D eigenvalue weighted by molar-refractivity contribution is 7.80. The molecule has 3 nitrogen and oxygen atoms in total. The van der Waals surface area contributed by atoms with E-state index in [1.807, 2.05) is 36.4 Å². The fourth-order valence-electron chi connectivity index (χ4n) is 2.24. The van der Waals surface area contributed by atoms with E-state index in [0.717, 1.165) is 10.8 Å². The summed E-state index contributed by atoms with van der Waals surface area (Å²) in [5, 5.41) is 22.3. The van der Waals surface area contributed by atoms with E-state index in [4.69, 9.17) is 4.74 Å². The highest BCUT2D eigenvalue weighted by Gasteiger charge is 2.23. The molecule has 0 fully saturated rings. The first kappa shape index (κ1) is 14.2. The Balaban J connectivity index is 2.55. The number of benzene rings is 2. The number of rotatable bonds is 5. The second-order valence-electron chi connectivity index (χ2n) is 4.43. The molecule has 0 saturated carbocycles. The van der Waals surface area contributed by atoms with Crippen molar-refractivity contribution in [3.05, 3.63) is 42.0 Å². The first-order valence-electron chi connectivity index (χ1n) is 6.21. The van der Waals surface area contributed by atoms with E-state index in [9.17, 15) is 10.2 Å². The molecule has 0 heterocycles. The van der Waals surface area contributed by atoms with Crippen LogP contribution >= 0.6 is 12.6 Å². The molecule has 0 aliphatic carbocycles. The van der Waals surface area contributed by atoms with Gasteiger partial charge in [-0.25, -0.2) is 0 Å². The van der Waals surface area contributed by atoms with E-state index in [0.29, 0.717) is 23.5 Å². The molecule has 0 bridgehead atoms. The van der Waals surface area contributed by atoms with Crippen LogP contribution in [0.2, 0.25) is 0 Å². The summed E-state index contributed by atoms with van der Waals surface area (Å²) in [7, 11) is 1.56. The van der Waals surface area contributed by atoms with Gasteiger partial charge in [-0.2, -0.15) is 12.6 Å². The second kappa shape index (κ2) is 6.28. The van der Waals surface area contributed by atoms with Crippen molar-refractivity contribution < 1.29 is 14.9 Å². The monoisotopic (exact) mass is 278 g/mol. The highest BCUT2D eigenvalue weighted by atomic mass is 32.1. The molecule has 2 N–H and O–H groups in total. The van der Waals surface area contributed by atoms with Gasteiger partial charge in [0.1, 0.15) is 11.9 Å². The minimum Gasteiger partial charge on any atom is -0.496 e. The minimum absolute atomic E-state index is 0.427. The van der Waals surface area contributed by atoms with Gasteiger partial charge in [0.15, 0.2) is 0 Å². The second-order valence-corrected chi connectivity index (χ2v) is 4.87. The summed E-state index contributed by atoms with van der Waals surface area (Å²) in [6, 6.07) is 11.5. The zero-order valence-electron chi connectivity index (χ0n) is 10.8. The summed E-state index contributed by atoms with van der Waals surface area (Å²) in [5.41, 5.74) is 0.634. The highest BCUT2D eigenvalue weighted by Crippen LogP contribution is 2.35. The Hall–Kier alpha value is -1.23. The smallest absolute Gasteiger partial charge is 0.125 e. The lowest BCUT2D eigenvalue weighted by Crippen LogP contribution is -2.19. The maximum Gasteiger partial charge on any atom is 0.125 e. The average Bonchev–Trinajstić information content (AvgIpc) is 2.45. The van der Waals surface area contributed by atoms with Crippen molar-refractivity contribution in [1.29, 1.82) is 0 Å². The minimum atomic E-state index is -0.979. The first-order valence-corrected chi connectivity index (χ1v) is 6.85. The number of hydrogen-bond donors (Lipinski definition) is 3. The molecule has 0 aliphatic rings. The van der Waals surface area contributed by atoms with Gasteiger partial charge >= 0.3 is 0 Å². The number of methoxy groups -OCH3 is 1. The number of ether oxygens (including phenoxy) is 1. The summed E-state index contributed by atoms with van der Waals surface area (Å²) >= 11 is 4.09. The molecule has 2 unspecified atom stereocenters. The molecule has 0 spiro atoms. The summed E-state index contributed by atoms with van der Waals surface area (Å²) < 4.78 is 5.31. The van der Waals surface area contributed by atoms with E-state index >= 15 is 0 Å². The Morgan fingerprint density at radius 3 is 2.58 bits per heavy atom. The molecule has 0 radical (unpaired) electrons. The molecule has 0 amide bonds. The van der Waals surface area contributed by atoms with Gasteiger partial charge in [0.05, 0.1) is 13.2 Å². The van der Waals surface area contributed by atoms with E-state index in [-0.39, 0.29) is 0 Å². The number of aliphatic hydroxyl groups excluding tert-OH is 2. The van der Waals surface area contributed by atoms with Crippen molar-refractivity contribution in [1.82, 2.24) is 0 Å². The number of hydrogen-bond acceptors (Lipinski definition) is 4. The zero-order chi connectivity index (χ0) is 13.8. The number of aliphatic hydroxyl groups is 2. The number of thiol groups is 1. The molecule has 0 aromatic heterocycles. The van der Waals surface area contributed by atoms with Gasteiger partial charge in [-0.05, 0) is 29.0 Å². The van der Waals surface area contributed by atoms with Gasteiger partial charge in [-0.1, -0.05) is 30.3 Å². The van der Waals surface area contributed by atoms with Crippen LogP contribution in [0.4, 0.5) is 0 Å². The van der Waals surface area contributed by atoms with Crippen LogP contribution in [0.15, 0.2) is 36.4 Å². The Morgan fingerprint density at radius 2 is 1.89 bits per heavy atom. The predicted molar refractivity (Wildman–Crippen MR) is 79.9 cm³/mol. The molecule has 19 heavy (non-hydrogen) atoms. The lowest BCUT2D eigenvalue weighted by atomic mass is 9.95. The van der Waals surface area contributed by atoms with Crippen LogP contribution in [0, 0.1) is 0 Å². The van der Waals surface area contributed by atoms with Crippen LogP contribution in [-0.4, -0.2) is 29.2 Å². The molecule has 4 heteroatoms. The van der Waals surface area contributed by atoms with Crippen molar-refractivity contribution >= 4 is 23.4 Å². The Kier molecular flexibility index (Phi) is 4.69. The topological polar surface area (TPSA) is 49.7 Å². The van der Waals surface area contributed by atoms with Crippen molar-refractivity contribution in [3.8, 4) is 5.75 Å². The van der Waals surface area contributed by atoms with Gasteiger partial charge in [0.2, 0.25) is 0 Å². The van der Waals surface area contributed by atoms with E-state index < -0.39 is 12.2 Å². The van der Waals surface area contributed by atoms with Gasteiger partial charge in [-0.3, -0.25) is 0 Å². The van der Waals surface area contributed by atoms with Gasteiger partial charge in [0.25, 0.3) is 0 Å². The average molecular weight is 278 g/mol. The zero-order valence-corrected chi connectivity index (χ0v) is 11.7. The molecule has 2 atom stereocenters. The van der Waals surface area contributed by atoms with Crippen molar-refractivity contribution in [2.75, 3.05) is 12.9 Å². The lowest BCUT2D eigenvalue weighted by Gasteiger charge is -2.21. The maximum atomic E-state index is 10.4. The van der Waals surface area contributed by atoms with Gasteiger partial charge in [0, 0.05) is 5.56 Å². The van der Waals surface area contributed by atoms with Crippen molar-refractivity contribution in [3.63, 3.8) is 0 Å². The third-order valence-electron chi connectivity index (χ3n) is 3.24. The molecular weight excluding hydrogens is 260 g/mol. The Bertz CT molecular complexity index is 556. The van der Waals surface area contributed by atoms with Gasteiger partial charge in [-0.15, -0.1) is 0 Å². The maximum absolute atomic E-state index is 10.4. The van der Waals surface area contributed by atoms with Crippen LogP contribution in [0.3, 0.4) is 0 Å². The van der Waals surface area contributed by atoms with Gasteiger partial charge < -0.3 is 14.9 Å². The van der Waals surface area contributed by atoms with E-state index in [1.54, 1.807) is 7.11 Å². The molecule has 102 valence electrons. The largest absolute Gasteiger partial charge is 0.496 e. The third kappa shape index (κ3) is 2.86. The fourth-order valence-corrected chi connectivity index (χ4v) is 2.51. The molecule has 2 aromatic carbocycles. The summed E-state index contributed by atoms with van der Waals surface area (Å²) in [4.78, 5) is 0. The summed E-state index contributed by atoms with van der Waals surface area (Å²) in [6.45, 7) is 0. The van der Waals surface area contributed by atoms with Crippen molar-refractivity contribution in [2.24, 2.45) is 0 Å². The van der Waals surface area contributed by atoms with Crippen LogP contribution in [0.25, 0.3) is 10.8 Å². The molecule has 0 aliphatic heterocycles. The van der Waals surface area contributed by atoms with Crippen molar-refractivity contribution in [2.45, 2.75) is 18.6 Å². The molecule has 2 rings (SSSR count). The third-order valence-corrected chi connectivity index (χ3v) is 3.49. The Morgan fingerprint density at radius 1 is 1.16 bits per heavy atom. The van der Waals surface area contributed by atoms with Crippen LogP contribution in [0.5, 0.6) is 5.75 Å². The quantitative estimate of drug-likeness (QED) is 0.737. The molecular formula is C15H18O3S. The normalized spacial score (nSPS) is 14.3. The summed E-state index contributed by atoms with van der Waals surface area (Å²) in [5.74, 6) is 1.11. The van der Waals surface area contributed by atoms with Crippen LogP contribution in [-0.2, 0) is 0 Å². The summed E-state index contributed by atoms with van der Waals surface area (Å²) in [6.07, 6.45) is -1.40. The number of fused-ring (bicyclic) bond motifs is 1. The predicted octanol–water partition coefficient (Wildman–Crippen LogP) is 2.56.